The lowest BCUT2D eigenvalue weighted by Crippen LogP contribution is -2.39. The number of fused-ring (bicyclic) bond motifs is 6. The highest BCUT2D eigenvalue weighted by molar-refractivity contribution is 6.78. The van der Waals surface area contributed by atoms with Gasteiger partial charge in [0, 0.05) is 0 Å². The smallest absolute Gasteiger partial charge is 0.0511 e. The van der Waals surface area contributed by atoms with Gasteiger partial charge in [0.25, 0.3) is 0 Å². The van der Waals surface area contributed by atoms with Crippen LogP contribution in [0.4, 0.5) is 0 Å². The van der Waals surface area contributed by atoms with Gasteiger partial charge in [-0.15, -0.1) is 0 Å². The van der Waals surface area contributed by atoms with E-state index in [1.807, 2.05) is 0 Å². The molecule has 1 heteroatoms. The third-order valence-electron chi connectivity index (χ3n) is 11.3. The molecule has 2 fully saturated rings. The third-order valence-corrected chi connectivity index (χ3v) is 15.8. The van der Waals surface area contributed by atoms with Gasteiger partial charge in [0.1, 0.15) is 0 Å². The predicted octanol–water partition coefficient (Wildman–Crippen LogP) is 10.1. The summed E-state index contributed by atoms with van der Waals surface area (Å²) < 4.78 is 0. The number of allylic oxidation sites excluding steroid dienone is 16. The van der Waals surface area contributed by atoms with Crippen molar-refractivity contribution in [2.24, 2.45) is 59.2 Å². The Morgan fingerprint density at radius 2 is 0.737 bits per heavy atom. The fraction of sp³-hybridized carbons (Fsp3) is 0.568. The molecule has 0 nitrogen and oxygen atoms in total. The molecule has 8 atom stereocenters. The first-order valence-electron chi connectivity index (χ1n) is 16.1. The molecule has 38 heavy (non-hydrogen) atoms. The van der Waals surface area contributed by atoms with E-state index in [9.17, 15) is 0 Å². The van der Waals surface area contributed by atoms with Crippen molar-refractivity contribution >= 4 is 8.07 Å². The first-order valence-corrected chi connectivity index (χ1v) is 19.2. The van der Waals surface area contributed by atoms with E-state index in [1.54, 1.807) is 0 Å². The summed E-state index contributed by atoms with van der Waals surface area (Å²) in [6.45, 7) is 5.18. The van der Waals surface area contributed by atoms with E-state index in [0.29, 0.717) is 23.7 Å². The summed E-state index contributed by atoms with van der Waals surface area (Å²) >= 11 is 0. The summed E-state index contributed by atoms with van der Waals surface area (Å²) in [6, 6.07) is 4.57. The molecule has 6 aliphatic carbocycles. The first-order chi connectivity index (χ1) is 18.7. The second-order valence-corrected chi connectivity index (χ2v) is 18.7. The van der Waals surface area contributed by atoms with Gasteiger partial charge in [0.05, 0.1) is 8.07 Å². The fourth-order valence-corrected chi connectivity index (χ4v) is 14.7. The van der Waals surface area contributed by atoms with Crippen molar-refractivity contribution in [3.63, 3.8) is 0 Å². The van der Waals surface area contributed by atoms with Gasteiger partial charge in [-0.3, -0.25) is 0 Å². The molecule has 0 spiro atoms. The Bertz CT molecular complexity index is 920. The predicted molar refractivity (Wildman–Crippen MR) is 167 cm³/mol. The average Bonchev–Trinajstić information content (AvgIpc) is 3.44. The van der Waals surface area contributed by atoms with Crippen LogP contribution in [0.15, 0.2) is 97.2 Å². The van der Waals surface area contributed by atoms with Gasteiger partial charge in [0.2, 0.25) is 0 Å². The molecule has 0 radical (unpaired) electrons. The van der Waals surface area contributed by atoms with E-state index in [4.69, 9.17) is 0 Å². The molecule has 6 rings (SSSR count). The van der Waals surface area contributed by atoms with E-state index >= 15 is 0 Å². The van der Waals surface area contributed by atoms with Crippen molar-refractivity contribution in [2.45, 2.75) is 70.1 Å². The molecule has 0 aromatic heterocycles. The van der Waals surface area contributed by atoms with E-state index in [0.717, 1.165) is 35.5 Å². The number of hydrogen-bond acceptors (Lipinski definition) is 0. The summed E-state index contributed by atoms with van der Waals surface area (Å²) in [5.74, 6) is 7.42. The van der Waals surface area contributed by atoms with E-state index < -0.39 is 8.07 Å². The van der Waals surface area contributed by atoms with Crippen molar-refractivity contribution in [1.82, 2.24) is 0 Å². The Balaban J connectivity index is 1.24. The quantitative estimate of drug-likeness (QED) is 0.187. The fourth-order valence-electron chi connectivity index (χ4n) is 9.63. The van der Waals surface area contributed by atoms with Gasteiger partial charge >= 0.3 is 0 Å². The lowest BCUT2D eigenvalue weighted by molar-refractivity contribution is 0.389. The highest BCUT2D eigenvalue weighted by Crippen LogP contribution is 2.57. The van der Waals surface area contributed by atoms with Crippen molar-refractivity contribution in [3.05, 3.63) is 97.2 Å². The van der Waals surface area contributed by atoms with Gasteiger partial charge < -0.3 is 0 Å². The lowest BCUT2D eigenvalue weighted by Gasteiger charge is -2.39. The van der Waals surface area contributed by atoms with Gasteiger partial charge in [-0.05, 0) is 59.2 Å². The van der Waals surface area contributed by atoms with Crippen LogP contribution in [0.3, 0.4) is 0 Å². The molecule has 0 amide bonds. The van der Waals surface area contributed by atoms with Crippen LogP contribution in [-0.4, -0.2) is 8.07 Å². The molecule has 0 bridgehead atoms. The molecule has 0 aromatic carbocycles. The van der Waals surface area contributed by atoms with Crippen molar-refractivity contribution in [3.8, 4) is 0 Å². The van der Waals surface area contributed by atoms with Crippen LogP contribution in [0.25, 0.3) is 0 Å². The molecule has 6 aliphatic rings. The standard InChI is InChI=1S/C37H50Si/c1-3-4-5-6-7-16-25-38(2,26-36-32-21-12-8-17-28(32)29-18-9-13-22-33(29)36)27-37-34-23-14-10-19-30(34)31-20-11-15-24-35(31)37/h8-15,17-24,28-37H,3-7,16,25-27H2,1-2H3. The van der Waals surface area contributed by atoms with Gasteiger partial charge in [-0.25, -0.2) is 0 Å². The summed E-state index contributed by atoms with van der Waals surface area (Å²) in [5, 5.41) is 0. The minimum atomic E-state index is -1.49. The summed E-state index contributed by atoms with van der Waals surface area (Å²) in [7, 11) is -1.49. The minimum absolute atomic E-state index is 0.710. The number of unbranched alkanes of at least 4 members (excludes halogenated alkanes) is 5. The Hall–Kier alpha value is -1.86. The second kappa shape index (κ2) is 11.7. The van der Waals surface area contributed by atoms with Crippen molar-refractivity contribution in [1.29, 1.82) is 0 Å². The molecule has 0 saturated heterocycles. The van der Waals surface area contributed by atoms with Gasteiger partial charge in [0.15, 0.2) is 0 Å². The van der Waals surface area contributed by atoms with Crippen molar-refractivity contribution < 1.29 is 0 Å². The molecular formula is C37H50Si. The monoisotopic (exact) mass is 522 g/mol. The van der Waals surface area contributed by atoms with Crippen LogP contribution in [0, 0.1) is 59.2 Å². The van der Waals surface area contributed by atoms with Crippen LogP contribution in [-0.2, 0) is 0 Å². The molecule has 0 aliphatic heterocycles. The van der Waals surface area contributed by atoms with E-state index in [2.05, 4.69) is 111 Å². The molecule has 8 unspecified atom stereocenters. The highest BCUT2D eigenvalue weighted by Gasteiger charge is 2.52. The zero-order valence-electron chi connectivity index (χ0n) is 23.9. The molecule has 202 valence electrons. The van der Waals surface area contributed by atoms with Crippen molar-refractivity contribution in [2.75, 3.05) is 0 Å². The Morgan fingerprint density at radius 1 is 0.421 bits per heavy atom. The molecule has 0 aromatic rings. The highest BCUT2D eigenvalue weighted by atomic mass is 28.3. The Labute approximate surface area is 234 Å². The maximum Gasteiger partial charge on any atom is 0.0511 e. The SMILES string of the molecule is CCCCCCCC[Si](C)(CC1C2C=CC=CC2C2C=CC=CC21)CC1C2C=CC=CC2C2C=CC=CC21. The third kappa shape index (κ3) is 5.17. The van der Waals surface area contributed by atoms with Crippen LogP contribution < -0.4 is 0 Å². The summed E-state index contributed by atoms with van der Waals surface area (Å²) in [6.07, 6.45) is 47.8. The normalized spacial score (nSPS) is 40.7. The maximum absolute atomic E-state index is 2.85. The van der Waals surface area contributed by atoms with Crippen LogP contribution in [0.2, 0.25) is 24.7 Å². The lowest BCUT2D eigenvalue weighted by atomic mass is 9.83. The first kappa shape index (κ1) is 26.4. The Morgan fingerprint density at radius 3 is 1.11 bits per heavy atom. The number of hydrogen-bond donors (Lipinski definition) is 0. The van der Waals surface area contributed by atoms with Crippen LogP contribution >= 0.6 is 0 Å². The number of rotatable bonds is 11. The van der Waals surface area contributed by atoms with Crippen LogP contribution in [0.5, 0.6) is 0 Å². The maximum atomic E-state index is 2.85. The largest absolute Gasteiger partial charge is 0.0805 e. The van der Waals surface area contributed by atoms with E-state index in [-0.39, 0.29) is 0 Å². The zero-order valence-corrected chi connectivity index (χ0v) is 24.9. The molecule has 0 N–H and O–H groups in total. The second-order valence-electron chi connectivity index (χ2n) is 13.8. The molecule has 0 heterocycles. The molecule has 2 saturated carbocycles. The minimum Gasteiger partial charge on any atom is -0.0805 e. The Kier molecular flexibility index (Phi) is 8.12. The zero-order chi connectivity index (χ0) is 26.0. The molecular weight excluding hydrogens is 472 g/mol. The topological polar surface area (TPSA) is 0 Å². The van der Waals surface area contributed by atoms with Gasteiger partial charge in [-0.1, -0.05) is 167 Å². The van der Waals surface area contributed by atoms with Gasteiger partial charge in [-0.2, -0.15) is 0 Å². The van der Waals surface area contributed by atoms with E-state index in [1.165, 1.54) is 56.7 Å². The summed E-state index contributed by atoms with van der Waals surface area (Å²) in [4.78, 5) is 0. The summed E-state index contributed by atoms with van der Waals surface area (Å²) in [5.41, 5.74) is 0. The van der Waals surface area contributed by atoms with Crippen LogP contribution in [0.1, 0.15) is 45.4 Å². The average molecular weight is 523 g/mol.